The molecule has 69 heavy (non-hydrogen) atoms. The molecule has 13 rings (SSSR count). The first kappa shape index (κ1) is 42.1. The van der Waals surface area contributed by atoms with E-state index in [1.165, 1.54) is 75.3 Å². The fourth-order valence-electron chi connectivity index (χ4n) is 11.2. The van der Waals surface area contributed by atoms with Gasteiger partial charge < -0.3 is 18.9 Å². The lowest BCUT2D eigenvalue weighted by atomic mass is 9.58. The van der Waals surface area contributed by atoms with E-state index < -0.39 is 0 Å². The predicted octanol–water partition coefficient (Wildman–Crippen LogP) is 15.6. The molecule has 0 saturated heterocycles. The van der Waals surface area contributed by atoms with Crippen LogP contribution >= 0.6 is 11.3 Å². The van der Waals surface area contributed by atoms with Crippen LogP contribution in [0.2, 0.25) is 0 Å². The maximum atomic E-state index is 7.35. The number of nitrogens with zero attached hydrogens (tertiary/aromatic N) is 3. The summed E-state index contributed by atoms with van der Waals surface area (Å²) in [4.78, 5) is 5.33. The summed E-state index contributed by atoms with van der Waals surface area (Å²) in [7, 11) is 2.86. The molecule has 0 atom stereocenters. The number of fused-ring (bicyclic) bond motifs is 13. The lowest BCUT2D eigenvalue weighted by molar-refractivity contribution is 0.590. The van der Waals surface area contributed by atoms with Gasteiger partial charge in [-0.3, -0.25) is 0 Å². The molecule has 5 nitrogen and oxygen atoms in total. The summed E-state index contributed by atoms with van der Waals surface area (Å²) in [5.74, 6) is 0.963. The van der Waals surface area contributed by atoms with Crippen LogP contribution in [0.4, 0.5) is 11.4 Å². The average molecular weight is 915 g/mol. The quantitative estimate of drug-likeness (QED) is 0.179. The third-order valence-electron chi connectivity index (χ3n) is 15.0. The van der Waals surface area contributed by atoms with E-state index in [4.69, 9.17) is 9.40 Å². The van der Waals surface area contributed by atoms with Gasteiger partial charge in [-0.25, -0.2) is 4.98 Å². The highest BCUT2D eigenvalue weighted by molar-refractivity contribution is 7.25. The largest absolute Gasteiger partial charge is 0.455 e. The number of nitrogens with one attached hydrogen (secondary N) is 1. The monoisotopic (exact) mass is 914 g/mol. The SMILES string of the molecule is Cn1c(-c2ccccc2)nc2cc3c(cc21)-n1c2ccc(C(C)(C)C)cc2c2c4c(oc5ccccc54)c(-c4cc5c(cc4Nc4ccc(C(C)(C)C)cc4)sc4ccc(C(C)(C)C)cc45)c(c21)B3. The molecule has 0 fully saturated rings. The van der Waals surface area contributed by atoms with Crippen LogP contribution in [0.25, 0.3) is 103 Å². The third-order valence-corrected chi connectivity index (χ3v) is 16.1. The van der Waals surface area contributed by atoms with E-state index in [2.05, 4.69) is 223 Å². The van der Waals surface area contributed by atoms with E-state index in [9.17, 15) is 0 Å². The first-order valence-corrected chi connectivity index (χ1v) is 25.2. The van der Waals surface area contributed by atoms with Gasteiger partial charge in [-0.2, -0.15) is 0 Å². The Morgan fingerprint density at radius 2 is 1.26 bits per heavy atom. The van der Waals surface area contributed by atoms with Crippen molar-refractivity contribution in [2.75, 3.05) is 5.32 Å². The Balaban J connectivity index is 1.18. The molecule has 0 aliphatic carbocycles. The van der Waals surface area contributed by atoms with E-state index in [1.807, 2.05) is 11.3 Å². The molecule has 0 spiro atoms. The molecule has 12 aromatic rings. The smallest absolute Gasteiger partial charge is 0.198 e. The molecule has 0 unspecified atom stereocenters. The Hall–Kier alpha value is -7.09. The van der Waals surface area contributed by atoms with Crippen LogP contribution in [0.1, 0.15) is 79.0 Å². The Bertz CT molecular complexity index is 4130. The van der Waals surface area contributed by atoms with Crippen molar-refractivity contribution in [1.29, 1.82) is 0 Å². The summed E-state index contributed by atoms with van der Waals surface area (Å²) in [6, 6.07) is 52.1. The third kappa shape index (κ3) is 6.39. The minimum absolute atomic E-state index is 0.0101. The van der Waals surface area contributed by atoms with Crippen LogP contribution in [0.15, 0.2) is 144 Å². The van der Waals surface area contributed by atoms with E-state index in [1.54, 1.807) is 0 Å². The molecule has 1 N–H and O–H groups in total. The van der Waals surface area contributed by atoms with Crippen LogP contribution in [0, 0.1) is 0 Å². The number of furan rings is 1. The van der Waals surface area contributed by atoms with Gasteiger partial charge in [-0.05, 0) is 105 Å². The highest BCUT2D eigenvalue weighted by atomic mass is 32.1. The molecule has 4 aromatic heterocycles. The van der Waals surface area contributed by atoms with Gasteiger partial charge in [0.05, 0.1) is 22.1 Å². The highest BCUT2D eigenvalue weighted by Gasteiger charge is 2.34. The van der Waals surface area contributed by atoms with Crippen molar-refractivity contribution < 1.29 is 4.42 Å². The maximum absolute atomic E-state index is 7.35. The minimum Gasteiger partial charge on any atom is -0.455 e. The number of anilines is 2. The number of thiophene rings is 1. The Morgan fingerprint density at radius 3 is 2.00 bits per heavy atom. The second kappa shape index (κ2) is 14.5. The number of rotatable bonds is 4. The molecule has 5 heterocycles. The molecule has 7 heteroatoms. The normalized spacial score (nSPS) is 13.2. The van der Waals surface area contributed by atoms with E-state index in [0.29, 0.717) is 7.28 Å². The molecule has 0 saturated carbocycles. The van der Waals surface area contributed by atoms with Crippen LogP contribution in [-0.2, 0) is 23.3 Å². The summed E-state index contributed by atoms with van der Waals surface area (Å²) in [5.41, 5.74) is 19.5. The summed E-state index contributed by atoms with van der Waals surface area (Å²) in [6.07, 6.45) is 0. The second-order valence-electron chi connectivity index (χ2n) is 22.6. The molecule has 8 aromatic carbocycles. The van der Waals surface area contributed by atoms with Gasteiger partial charge in [0.1, 0.15) is 17.0 Å². The van der Waals surface area contributed by atoms with Crippen molar-refractivity contribution in [3.05, 3.63) is 156 Å². The molecule has 338 valence electrons. The number of aromatic nitrogens is 3. The van der Waals surface area contributed by atoms with Crippen molar-refractivity contribution in [2.45, 2.75) is 78.6 Å². The number of imidazole rings is 1. The lowest BCUT2D eigenvalue weighted by Gasteiger charge is -2.24. The molecule has 0 radical (unpaired) electrons. The number of para-hydroxylation sites is 1. The molecule has 1 aliphatic heterocycles. The van der Waals surface area contributed by atoms with Gasteiger partial charge in [-0.15, -0.1) is 11.3 Å². The van der Waals surface area contributed by atoms with Crippen LogP contribution in [-0.4, -0.2) is 21.4 Å². The zero-order chi connectivity index (χ0) is 47.5. The molecule has 1 aliphatic rings. The van der Waals surface area contributed by atoms with Gasteiger partial charge in [0.15, 0.2) is 7.28 Å². The van der Waals surface area contributed by atoms with Gasteiger partial charge in [0.2, 0.25) is 0 Å². The van der Waals surface area contributed by atoms with E-state index >= 15 is 0 Å². The van der Waals surface area contributed by atoms with Gasteiger partial charge in [0, 0.05) is 82.5 Å². The maximum Gasteiger partial charge on any atom is 0.198 e. The second-order valence-corrected chi connectivity index (χ2v) is 23.7. The van der Waals surface area contributed by atoms with Crippen LogP contribution < -0.4 is 16.2 Å². The lowest BCUT2D eigenvalue weighted by Crippen LogP contribution is -2.37. The van der Waals surface area contributed by atoms with Gasteiger partial charge >= 0.3 is 0 Å². The number of hydrogen-bond acceptors (Lipinski definition) is 4. The molecular formula is C62H55BN4OS. The predicted molar refractivity (Wildman–Crippen MR) is 298 cm³/mol. The minimum atomic E-state index is -0.0486. The van der Waals surface area contributed by atoms with Crippen molar-refractivity contribution >= 4 is 116 Å². The first-order valence-electron chi connectivity index (χ1n) is 24.4. The fraction of sp³-hybridized carbons (Fsp3) is 0.210. The summed E-state index contributed by atoms with van der Waals surface area (Å²) in [5, 5.41) is 11.4. The summed E-state index contributed by atoms with van der Waals surface area (Å²) in [6.45, 7) is 20.7. The van der Waals surface area contributed by atoms with Crippen LogP contribution in [0.5, 0.6) is 0 Å². The number of benzene rings is 8. The van der Waals surface area contributed by atoms with Gasteiger partial charge in [-0.1, -0.05) is 141 Å². The van der Waals surface area contributed by atoms with E-state index in [0.717, 1.165) is 66.9 Å². The van der Waals surface area contributed by atoms with E-state index in [-0.39, 0.29) is 16.2 Å². The number of hydrogen-bond donors (Lipinski definition) is 1. The Kier molecular flexibility index (Phi) is 8.82. The van der Waals surface area contributed by atoms with Crippen molar-refractivity contribution in [3.8, 4) is 28.2 Å². The summed E-state index contributed by atoms with van der Waals surface area (Å²) >= 11 is 1.87. The van der Waals surface area contributed by atoms with Crippen LogP contribution in [0.3, 0.4) is 0 Å². The zero-order valence-electron chi connectivity index (χ0n) is 41.1. The molecule has 0 amide bonds. The Morgan fingerprint density at radius 1 is 0.594 bits per heavy atom. The fourth-order valence-corrected chi connectivity index (χ4v) is 12.3. The van der Waals surface area contributed by atoms with Crippen molar-refractivity contribution in [1.82, 2.24) is 14.1 Å². The first-order chi connectivity index (χ1) is 33.0. The van der Waals surface area contributed by atoms with Crippen molar-refractivity contribution in [3.63, 3.8) is 0 Å². The standard InChI is InChI=1S/C62H55BN4OS/c1-60(2,3)35-20-24-38(25-21-35)64-45-32-52-41(40-28-37(62(7,8)9)23-27-51(40)69-52)30-42(45)55-56-57-53(54-39-18-14-15-19-50(39)68-58(54)55)43-29-36(61(4,5)6)22-26-47(43)67(57)48-33-49-46(31-44(48)63-56)65-59(66(49)10)34-16-12-11-13-17-34/h11-33,63-64H,1-10H3. The van der Waals surface area contributed by atoms with Crippen molar-refractivity contribution in [2.24, 2.45) is 7.05 Å². The zero-order valence-corrected chi connectivity index (χ0v) is 42.0. The number of aryl methyl sites for hydroxylation is 1. The topological polar surface area (TPSA) is 47.9 Å². The highest BCUT2D eigenvalue weighted by Crippen LogP contribution is 2.49. The molecular weight excluding hydrogens is 860 g/mol. The Labute approximate surface area is 407 Å². The molecule has 0 bridgehead atoms. The average Bonchev–Trinajstić information content (AvgIpc) is 4.06. The summed E-state index contributed by atoms with van der Waals surface area (Å²) < 4.78 is 14.7. The van der Waals surface area contributed by atoms with Gasteiger partial charge in [0.25, 0.3) is 0 Å².